The van der Waals surface area contributed by atoms with Crippen LogP contribution in [0, 0.1) is 5.82 Å². The quantitative estimate of drug-likeness (QED) is 0.371. The van der Waals surface area contributed by atoms with Gasteiger partial charge in [0.25, 0.3) is 0 Å². The largest absolute Gasteiger partial charge is 0.324 e. The van der Waals surface area contributed by atoms with E-state index in [9.17, 15) is 14.0 Å². The number of halogens is 1. The molecule has 0 bridgehead atoms. The molecule has 0 aliphatic heterocycles. The number of anilines is 2. The van der Waals surface area contributed by atoms with E-state index in [0.717, 1.165) is 15.4 Å². The van der Waals surface area contributed by atoms with Crippen LogP contribution in [0.3, 0.4) is 0 Å². The first kappa shape index (κ1) is 21.9. The third-order valence-corrected chi connectivity index (χ3v) is 6.37. The molecule has 2 aromatic heterocycles. The summed E-state index contributed by atoms with van der Waals surface area (Å²) in [7, 11) is 0. The normalized spacial score (nSPS) is 10.7. The molecular weight excluding hydrogens is 445 g/mol. The molecule has 0 aliphatic carbocycles. The summed E-state index contributed by atoms with van der Waals surface area (Å²) in [6, 6.07) is 17.2. The second-order valence-electron chi connectivity index (χ2n) is 7.11. The van der Waals surface area contributed by atoms with Crippen LogP contribution in [0.5, 0.6) is 0 Å². The maximum absolute atomic E-state index is 13.1. The Bertz CT molecular complexity index is 1200. The number of carbonyl (C=O) groups is 2. The number of rotatable bonds is 8. The molecule has 0 radical (unpaired) electrons. The predicted molar refractivity (Wildman–Crippen MR) is 127 cm³/mol. The number of nitrogens with zero attached hydrogens (tertiary/aromatic N) is 1. The van der Waals surface area contributed by atoms with E-state index in [0.29, 0.717) is 23.5 Å². The molecule has 2 heterocycles. The van der Waals surface area contributed by atoms with Crippen LogP contribution in [0.4, 0.5) is 15.8 Å². The third kappa shape index (κ3) is 6.09. The number of thiazole rings is 1. The second-order valence-corrected chi connectivity index (χ2v) is 9.09. The molecule has 5 nitrogen and oxygen atoms in total. The Morgan fingerprint density at radius 3 is 2.19 bits per heavy atom. The van der Waals surface area contributed by atoms with E-state index in [2.05, 4.69) is 15.6 Å². The summed E-state index contributed by atoms with van der Waals surface area (Å²) in [6.45, 7) is 0. The zero-order valence-electron chi connectivity index (χ0n) is 17.0. The summed E-state index contributed by atoms with van der Waals surface area (Å²) in [5.41, 5.74) is 2.73. The minimum atomic E-state index is -0.270. The highest BCUT2D eigenvalue weighted by Crippen LogP contribution is 2.22. The molecule has 0 aliphatic rings. The van der Waals surface area contributed by atoms with Gasteiger partial charge in [-0.25, -0.2) is 9.37 Å². The minimum Gasteiger partial charge on any atom is -0.324 e. The summed E-state index contributed by atoms with van der Waals surface area (Å²) in [6.07, 6.45) is 0.999. The SMILES string of the molecule is O=C(Cc1csc(Cc2ccc(F)cc2)n1)Nc1ccccc1NC(=O)Cc1cccs1. The van der Waals surface area contributed by atoms with Crippen molar-refractivity contribution in [2.24, 2.45) is 0 Å². The molecule has 4 aromatic rings. The topological polar surface area (TPSA) is 71.1 Å². The number of nitrogens with one attached hydrogen (secondary N) is 2. The second kappa shape index (κ2) is 10.3. The maximum Gasteiger partial charge on any atom is 0.230 e. The van der Waals surface area contributed by atoms with E-state index in [1.807, 2.05) is 22.9 Å². The zero-order valence-corrected chi connectivity index (χ0v) is 18.6. The molecule has 8 heteroatoms. The number of carbonyl (C=O) groups excluding carboxylic acids is 2. The van der Waals surface area contributed by atoms with Crippen molar-refractivity contribution in [1.82, 2.24) is 4.98 Å². The fraction of sp³-hybridized carbons (Fsp3) is 0.125. The molecule has 0 unspecified atom stereocenters. The summed E-state index contributed by atoms with van der Waals surface area (Å²) >= 11 is 3.00. The monoisotopic (exact) mass is 465 g/mol. The molecule has 0 spiro atoms. The Hall–Kier alpha value is -3.36. The van der Waals surface area contributed by atoms with Crippen LogP contribution in [0.1, 0.15) is 21.1 Å². The van der Waals surface area contributed by atoms with E-state index in [1.54, 1.807) is 36.4 Å². The lowest BCUT2D eigenvalue weighted by Crippen LogP contribution is -2.18. The number of benzene rings is 2. The molecule has 0 fully saturated rings. The lowest BCUT2D eigenvalue weighted by molar-refractivity contribution is -0.116. The summed E-state index contributed by atoms with van der Waals surface area (Å²) < 4.78 is 13.1. The van der Waals surface area contributed by atoms with Crippen molar-refractivity contribution < 1.29 is 14.0 Å². The number of aromatic nitrogens is 1. The Kier molecular flexibility index (Phi) is 7.03. The van der Waals surface area contributed by atoms with Crippen LogP contribution in [0.2, 0.25) is 0 Å². The van der Waals surface area contributed by atoms with E-state index in [4.69, 9.17) is 0 Å². The minimum absolute atomic E-state index is 0.122. The van der Waals surface area contributed by atoms with Gasteiger partial charge in [-0.1, -0.05) is 30.3 Å². The lowest BCUT2D eigenvalue weighted by atomic mass is 10.1. The van der Waals surface area contributed by atoms with E-state index < -0.39 is 0 Å². The molecule has 0 atom stereocenters. The van der Waals surface area contributed by atoms with Crippen molar-refractivity contribution in [2.45, 2.75) is 19.3 Å². The molecule has 2 aromatic carbocycles. The smallest absolute Gasteiger partial charge is 0.230 e. The van der Waals surface area contributed by atoms with Crippen LogP contribution in [-0.2, 0) is 28.9 Å². The van der Waals surface area contributed by atoms with Gasteiger partial charge in [-0.3, -0.25) is 9.59 Å². The number of amides is 2. The molecule has 0 saturated carbocycles. The average Bonchev–Trinajstić information content (AvgIpc) is 3.43. The van der Waals surface area contributed by atoms with Gasteiger partial charge in [0.1, 0.15) is 5.82 Å². The predicted octanol–water partition coefficient (Wildman–Crippen LogP) is 5.30. The Morgan fingerprint density at radius 2 is 1.53 bits per heavy atom. The highest BCUT2D eigenvalue weighted by Gasteiger charge is 2.13. The number of hydrogen-bond donors (Lipinski definition) is 2. The molecule has 2 N–H and O–H groups in total. The van der Waals surface area contributed by atoms with E-state index in [-0.39, 0.29) is 30.5 Å². The lowest BCUT2D eigenvalue weighted by Gasteiger charge is -2.12. The highest BCUT2D eigenvalue weighted by molar-refractivity contribution is 7.10. The first-order valence-corrected chi connectivity index (χ1v) is 11.7. The van der Waals surface area contributed by atoms with Gasteiger partial charge in [-0.05, 0) is 41.3 Å². The summed E-state index contributed by atoms with van der Waals surface area (Å²) in [5, 5.41) is 10.4. The molecule has 162 valence electrons. The first-order chi connectivity index (χ1) is 15.5. The van der Waals surface area contributed by atoms with Crippen LogP contribution in [0.15, 0.2) is 71.4 Å². The van der Waals surface area contributed by atoms with Crippen molar-refractivity contribution >= 4 is 45.9 Å². The van der Waals surface area contributed by atoms with Gasteiger partial charge in [0.15, 0.2) is 0 Å². The summed E-state index contributed by atoms with van der Waals surface area (Å²) in [5.74, 6) is -0.629. The zero-order chi connectivity index (χ0) is 22.3. The third-order valence-electron chi connectivity index (χ3n) is 4.60. The van der Waals surface area contributed by atoms with Crippen molar-refractivity contribution in [3.63, 3.8) is 0 Å². The van der Waals surface area contributed by atoms with Gasteiger partial charge in [0, 0.05) is 16.7 Å². The summed E-state index contributed by atoms with van der Waals surface area (Å²) in [4.78, 5) is 30.4. The molecule has 32 heavy (non-hydrogen) atoms. The van der Waals surface area contributed by atoms with Crippen molar-refractivity contribution in [3.05, 3.63) is 98.4 Å². The molecule has 0 saturated heterocycles. The fourth-order valence-electron chi connectivity index (χ4n) is 3.11. The van der Waals surface area contributed by atoms with Gasteiger partial charge in [-0.15, -0.1) is 22.7 Å². The molecule has 2 amide bonds. The fourth-order valence-corrected chi connectivity index (χ4v) is 4.65. The van der Waals surface area contributed by atoms with Crippen LogP contribution in [0.25, 0.3) is 0 Å². The molecule has 4 rings (SSSR count). The Morgan fingerprint density at radius 1 is 0.844 bits per heavy atom. The van der Waals surface area contributed by atoms with Gasteiger partial charge < -0.3 is 10.6 Å². The van der Waals surface area contributed by atoms with E-state index in [1.165, 1.54) is 34.8 Å². The molecular formula is C24H20FN3O2S2. The number of para-hydroxylation sites is 2. The van der Waals surface area contributed by atoms with Crippen LogP contribution in [-0.4, -0.2) is 16.8 Å². The van der Waals surface area contributed by atoms with Gasteiger partial charge in [0.05, 0.1) is 34.9 Å². The maximum atomic E-state index is 13.1. The van der Waals surface area contributed by atoms with E-state index >= 15 is 0 Å². The Labute approximate surface area is 193 Å². The Balaban J connectivity index is 1.35. The van der Waals surface area contributed by atoms with Crippen molar-refractivity contribution in [2.75, 3.05) is 10.6 Å². The standard InChI is InChI=1S/C24H20FN3O2S2/c25-17-9-7-16(8-10-17)12-24-26-18(15-32-24)13-22(29)27-20-5-1-2-6-21(20)28-23(30)14-19-4-3-11-31-19/h1-11,15H,12-14H2,(H,27,29)(H,28,30). The average molecular weight is 466 g/mol. The van der Waals surface area contributed by atoms with Gasteiger partial charge >= 0.3 is 0 Å². The van der Waals surface area contributed by atoms with Gasteiger partial charge in [0.2, 0.25) is 11.8 Å². The van der Waals surface area contributed by atoms with Crippen molar-refractivity contribution in [3.8, 4) is 0 Å². The number of hydrogen-bond acceptors (Lipinski definition) is 5. The van der Waals surface area contributed by atoms with Crippen molar-refractivity contribution in [1.29, 1.82) is 0 Å². The highest BCUT2D eigenvalue weighted by atomic mass is 32.1. The first-order valence-electron chi connectivity index (χ1n) is 9.94. The van der Waals surface area contributed by atoms with Crippen LogP contribution >= 0.6 is 22.7 Å². The van der Waals surface area contributed by atoms with Crippen LogP contribution < -0.4 is 10.6 Å². The van der Waals surface area contributed by atoms with Gasteiger partial charge in [-0.2, -0.15) is 0 Å². The number of thiophene rings is 1.